The molecule has 0 saturated heterocycles. The fourth-order valence-electron chi connectivity index (χ4n) is 1.50. The van der Waals surface area contributed by atoms with Crippen LogP contribution >= 0.6 is 15.9 Å². The van der Waals surface area contributed by atoms with Crippen molar-refractivity contribution in [2.75, 3.05) is 0 Å². The van der Waals surface area contributed by atoms with E-state index in [1.807, 2.05) is 24.3 Å². The summed E-state index contributed by atoms with van der Waals surface area (Å²) in [6, 6.07) is 12.1. The van der Waals surface area contributed by atoms with Crippen molar-refractivity contribution in [1.82, 2.24) is 0 Å². The summed E-state index contributed by atoms with van der Waals surface area (Å²) >= 11 is 3.43. The summed E-state index contributed by atoms with van der Waals surface area (Å²) < 4.78 is 1.06. The highest BCUT2D eigenvalue weighted by molar-refractivity contribution is 9.10. The van der Waals surface area contributed by atoms with E-state index in [0.29, 0.717) is 0 Å². The van der Waals surface area contributed by atoms with Crippen molar-refractivity contribution in [3.63, 3.8) is 0 Å². The van der Waals surface area contributed by atoms with Crippen molar-refractivity contribution < 1.29 is 5.11 Å². The third-order valence-corrected chi connectivity index (χ3v) is 2.80. The third-order valence-electron chi connectivity index (χ3n) is 2.31. The van der Waals surface area contributed by atoms with Gasteiger partial charge < -0.3 is 5.11 Å². The smallest absolute Gasteiger partial charge is 0.0762 e. The number of rotatable bonds is 1. The Kier molecular flexibility index (Phi) is 2.57. The Morgan fingerprint density at radius 2 is 1.79 bits per heavy atom. The lowest BCUT2D eigenvalue weighted by Crippen LogP contribution is -1.89. The van der Waals surface area contributed by atoms with Crippen molar-refractivity contribution in [1.29, 1.82) is 0 Å². The van der Waals surface area contributed by atoms with E-state index in [2.05, 4.69) is 28.1 Å². The molecule has 14 heavy (non-hydrogen) atoms. The van der Waals surface area contributed by atoms with Crippen LogP contribution in [0.15, 0.2) is 40.9 Å². The van der Waals surface area contributed by atoms with Gasteiger partial charge in [-0.3, -0.25) is 0 Å². The standard InChI is InChI=1S/C12H11BrO/c1-8(14)10-3-2-9-4-5-12(13)7-11(9)6-10/h2-8,14H,1H3. The maximum atomic E-state index is 9.44. The van der Waals surface area contributed by atoms with Gasteiger partial charge in [-0.05, 0) is 41.5 Å². The Balaban J connectivity index is 2.63. The molecule has 0 amide bonds. The second-order valence-electron chi connectivity index (χ2n) is 3.43. The van der Waals surface area contributed by atoms with E-state index in [1.54, 1.807) is 6.92 Å². The fourth-order valence-corrected chi connectivity index (χ4v) is 1.87. The Morgan fingerprint density at radius 1 is 1.07 bits per heavy atom. The lowest BCUT2D eigenvalue weighted by molar-refractivity contribution is 0.199. The van der Waals surface area contributed by atoms with Crippen LogP contribution in [-0.4, -0.2) is 5.11 Å². The summed E-state index contributed by atoms with van der Waals surface area (Å²) in [6.45, 7) is 1.78. The van der Waals surface area contributed by atoms with Crippen molar-refractivity contribution in [2.24, 2.45) is 0 Å². The lowest BCUT2D eigenvalue weighted by atomic mass is 10.0. The molecule has 0 bridgehead atoms. The quantitative estimate of drug-likeness (QED) is 0.820. The van der Waals surface area contributed by atoms with Crippen LogP contribution in [-0.2, 0) is 0 Å². The van der Waals surface area contributed by atoms with E-state index < -0.39 is 6.10 Å². The molecular formula is C12H11BrO. The number of benzene rings is 2. The highest BCUT2D eigenvalue weighted by Crippen LogP contribution is 2.23. The monoisotopic (exact) mass is 250 g/mol. The molecule has 2 rings (SSSR count). The molecule has 0 heterocycles. The summed E-state index contributed by atoms with van der Waals surface area (Å²) in [5.41, 5.74) is 0.954. The highest BCUT2D eigenvalue weighted by atomic mass is 79.9. The van der Waals surface area contributed by atoms with Gasteiger partial charge in [0, 0.05) is 4.47 Å². The van der Waals surface area contributed by atoms with Gasteiger partial charge in [-0.2, -0.15) is 0 Å². The lowest BCUT2D eigenvalue weighted by Gasteiger charge is -2.06. The number of fused-ring (bicyclic) bond motifs is 1. The SMILES string of the molecule is CC(O)c1ccc2ccc(Br)cc2c1. The summed E-state index contributed by atoms with van der Waals surface area (Å²) in [5, 5.41) is 11.8. The van der Waals surface area contributed by atoms with Gasteiger partial charge in [0.2, 0.25) is 0 Å². The van der Waals surface area contributed by atoms with E-state index in [-0.39, 0.29) is 0 Å². The molecule has 0 aliphatic carbocycles. The molecule has 1 N–H and O–H groups in total. The number of halogens is 1. The third kappa shape index (κ3) is 1.81. The summed E-state index contributed by atoms with van der Waals surface area (Å²) in [4.78, 5) is 0. The molecule has 0 saturated carbocycles. The van der Waals surface area contributed by atoms with Gasteiger partial charge in [0.15, 0.2) is 0 Å². The molecule has 72 valence electrons. The van der Waals surface area contributed by atoms with Crippen molar-refractivity contribution in [2.45, 2.75) is 13.0 Å². The Labute approximate surface area is 91.5 Å². The van der Waals surface area contributed by atoms with E-state index in [9.17, 15) is 5.11 Å². The first-order valence-electron chi connectivity index (χ1n) is 4.54. The molecule has 0 spiro atoms. The number of aliphatic hydroxyl groups is 1. The largest absolute Gasteiger partial charge is 0.389 e. The Morgan fingerprint density at radius 3 is 2.50 bits per heavy atom. The summed E-state index contributed by atoms with van der Waals surface area (Å²) in [7, 11) is 0. The Bertz CT molecular complexity index is 463. The predicted molar refractivity (Wildman–Crippen MR) is 62.3 cm³/mol. The van der Waals surface area contributed by atoms with Crippen LogP contribution in [0.4, 0.5) is 0 Å². The van der Waals surface area contributed by atoms with Crippen LogP contribution in [0.1, 0.15) is 18.6 Å². The van der Waals surface area contributed by atoms with Gasteiger partial charge in [0.05, 0.1) is 6.10 Å². The molecule has 1 nitrogen and oxygen atoms in total. The van der Waals surface area contributed by atoms with Gasteiger partial charge >= 0.3 is 0 Å². The first-order chi connectivity index (χ1) is 6.66. The molecule has 2 aromatic carbocycles. The van der Waals surface area contributed by atoms with Crippen LogP contribution in [0, 0.1) is 0 Å². The first-order valence-corrected chi connectivity index (χ1v) is 5.33. The van der Waals surface area contributed by atoms with Crippen LogP contribution in [0.3, 0.4) is 0 Å². The minimum absolute atomic E-state index is 0.404. The number of aliphatic hydroxyl groups excluding tert-OH is 1. The molecule has 2 heteroatoms. The molecule has 0 radical (unpaired) electrons. The average Bonchev–Trinajstić information content (AvgIpc) is 2.16. The first kappa shape index (κ1) is 9.69. The molecule has 0 aliphatic rings. The van der Waals surface area contributed by atoms with Crippen molar-refractivity contribution >= 4 is 26.7 Å². The summed E-state index contributed by atoms with van der Waals surface area (Å²) in [5.74, 6) is 0. The van der Waals surface area contributed by atoms with Gasteiger partial charge in [-0.1, -0.05) is 34.1 Å². The van der Waals surface area contributed by atoms with E-state index >= 15 is 0 Å². The maximum Gasteiger partial charge on any atom is 0.0762 e. The minimum Gasteiger partial charge on any atom is -0.389 e. The number of hydrogen-bond acceptors (Lipinski definition) is 1. The Hall–Kier alpha value is -0.860. The zero-order chi connectivity index (χ0) is 10.1. The summed E-state index contributed by atoms with van der Waals surface area (Å²) in [6.07, 6.45) is -0.404. The molecule has 2 aromatic rings. The van der Waals surface area contributed by atoms with Crippen LogP contribution in [0.5, 0.6) is 0 Å². The molecule has 0 aromatic heterocycles. The van der Waals surface area contributed by atoms with E-state index in [1.165, 1.54) is 5.39 Å². The molecule has 0 fully saturated rings. The minimum atomic E-state index is -0.404. The molecule has 1 atom stereocenters. The predicted octanol–water partition coefficient (Wildman–Crippen LogP) is 3.66. The zero-order valence-electron chi connectivity index (χ0n) is 7.87. The van der Waals surface area contributed by atoms with Crippen molar-refractivity contribution in [3.8, 4) is 0 Å². The van der Waals surface area contributed by atoms with Crippen LogP contribution < -0.4 is 0 Å². The highest BCUT2D eigenvalue weighted by Gasteiger charge is 2.01. The van der Waals surface area contributed by atoms with Gasteiger partial charge in [0.1, 0.15) is 0 Å². The molecule has 0 aliphatic heterocycles. The zero-order valence-corrected chi connectivity index (χ0v) is 9.45. The van der Waals surface area contributed by atoms with Gasteiger partial charge in [0.25, 0.3) is 0 Å². The van der Waals surface area contributed by atoms with E-state index in [0.717, 1.165) is 15.4 Å². The van der Waals surface area contributed by atoms with Crippen LogP contribution in [0.2, 0.25) is 0 Å². The van der Waals surface area contributed by atoms with Crippen molar-refractivity contribution in [3.05, 3.63) is 46.4 Å². The normalized spacial score (nSPS) is 13.1. The van der Waals surface area contributed by atoms with Gasteiger partial charge in [-0.15, -0.1) is 0 Å². The fraction of sp³-hybridized carbons (Fsp3) is 0.167. The maximum absolute atomic E-state index is 9.44. The topological polar surface area (TPSA) is 20.2 Å². The average molecular weight is 251 g/mol. The second-order valence-corrected chi connectivity index (χ2v) is 4.34. The second kappa shape index (κ2) is 3.71. The van der Waals surface area contributed by atoms with E-state index in [4.69, 9.17) is 0 Å². The van der Waals surface area contributed by atoms with Crippen LogP contribution in [0.25, 0.3) is 10.8 Å². The number of hydrogen-bond donors (Lipinski definition) is 1. The molecule has 1 unspecified atom stereocenters. The molecular weight excluding hydrogens is 240 g/mol. The van der Waals surface area contributed by atoms with Gasteiger partial charge in [-0.25, -0.2) is 0 Å².